The van der Waals surface area contributed by atoms with E-state index in [1.54, 1.807) is 0 Å². The van der Waals surface area contributed by atoms with Crippen molar-refractivity contribution in [2.45, 2.75) is 11.0 Å². The third-order valence-electron chi connectivity index (χ3n) is 5.05. The fourth-order valence-electron chi connectivity index (χ4n) is 3.39. The number of aliphatic hydroxyl groups is 1. The van der Waals surface area contributed by atoms with E-state index in [4.69, 9.17) is 21.1 Å². The highest BCUT2D eigenvalue weighted by atomic mass is 35.5. The summed E-state index contributed by atoms with van der Waals surface area (Å²) in [6.45, 7) is -0.606. The number of nitrogens with one attached hydrogen (secondary N) is 1. The van der Waals surface area contributed by atoms with Crippen molar-refractivity contribution in [3.05, 3.63) is 71.1 Å². The van der Waals surface area contributed by atoms with E-state index in [9.17, 15) is 22.7 Å². The minimum absolute atomic E-state index is 0.0687. The molecule has 4 rings (SSSR count). The lowest BCUT2D eigenvalue weighted by atomic mass is 10.1. The van der Waals surface area contributed by atoms with Crippen molar-refractivity contribution in [3.8, 4) is 11.6 Å². The smallest absolute Gasteiger partial charge is 0.266 e. The normalized spacial score (nSPS) is 15.3. The van der Waals surface area contributed by atoms with E-state index < -0.39 is 34.5 Å². The van der Waals surface area contributed by atoms with Gasteiger partial charge in [-0.25, -0.2) is 17.8 Å². The number of carbonyl (C=O) groups excluding carboxylic acids is 1. The lowest BCUT2D eigenvalue weighted by molar-refractivity contribution is 0.102. The SMILES string of the molecule is COc1ccc(S(=O)(=O)N2C[C@H](CO)Oc3ccc(NC(=O)c4c(F)cccc4Cl)cc32)cn1. The van der Waals surface area contributed by atoms with Gasteiger partial charge >= 0.3 is 0 Å². The minimum Gasteiger partial charge on any atom is -0.484 e. The van der Waals surface area contributed by atoms with E-state index >= 15 is 0 Å². The molecule has 0 radical (unpaired) electrons. The van der Waals surface area contributed by atoms with Crippen LogP contribution in [0.25, 0.3) is 0 Å². The quantitative estimate of drug-likeness (QED) is 0.526. The van der Waals surface area contributed by atoms with Crippen LogP contribution >= 0.6 is 11.6 Å². The Morgan fingerprint density at radius 2 is 2.12 bits per heavy atom. The third-order valence-corrected chi connectivity index (χ3v) is 7.13. The van der Waals surface area contributed by atoms with Crippen LogP contribution in [-0.4, -0.2) is 50.8 Å². The lowest BCUT2D eigenvalue weighted by Crippen LogP contribution is -2.45. The Kier molecular flexibility index (Phi) is 6.60. The number of anilines is 2. The second kappa shape index (κ2) is 9.45. The van der Waals surface area contributed by atoms with E-state index in [1.807, 2.05) is 0 Å². The minimum atomic E-state index is -4.12. The summed E-state index contributed by atoms with van der Waals surface area (Å²) < 4.78 is 52.7. The molecule has 2 aromatic carbocycles. The number of aromatic nitrogens is 1. The Bertz CT molecular complexity index is 1320. The zero-order valence-corrected chi connectivity index (χ0v) is 19.3. The number of hydrogen-bond acceptors (Lipinski definition) is 7. The molecule has 0 unspecified atom stereocenters. The van der Waals surface area contributed by atoms with E-state index in [2.05, 4.69) is 10.3 Å². The predicted molar refractivity (Wildman–Crippen MR) is 123 cm³/mol. The number of carbonyl (C=O) groups is 1. The highest BCUT2D eigenvalue weighted by Crippen LogP contribution is 2.39. The summed E-state index contributed by atoms with van der Waals surface area (Å²) in [5.74, 6) is -1.18. The number of methoxy groups -OCH3 is 1. The summed E-state index contributed by atoms with van der Waals surface area (Å²) in [5, 5.41) is 12.1. The maximum Gasteiger partial charge on any atom is 0.266 e. The number of aliphatic hydroxyl groups excluding tert-OH is 1. The van der Waals surface area contributed by atoms with Gasteiger partial charge in [-0.05, 0) is 36.4 Å². The van der Waals surface area contributed by atoms with Gasteiger partial charge in [0.15, 0.2) is 0 Å². The van der Waals surface area contributed by atoms with Crippen molar-refractivity contribution in [3.63, 3.8) is 0 Å². The average Bonchev–Trinajstić information content (AvgIpc) is 2.83. The maximum absolute atomic E-state index is 14.1. The first-order valence-electron chi connectivity index (χ1n) is 9.94. The van der Waals surface area contributed by atoms with Gasteiger partial charge in [0.1, 0.15) is 22.6 Å². The molecule has 178 valence electrons. The summed E-state index contributed by atoms with van der Waals surface area (Å²) in [7, 11) is -2.72. The Labute approximate surface area is 199 Å². The highest BCUT2D eigenvalue weighted by molar-refractivity contribution is 7.92. The summed E-state index contributed by atoms with van der Waals surface area (Å²) in [5.41, 5.74) is -0.0348. The van der Waals surface area contributed by atoms with Crippen molar-refractivity contribution >= 4 is 38.9 Å². The summed E-state index contributed by atoms with van der Waals surface area (Å²) >= 11 is 5.96. The van der Waals surface area contributed by atoms with Gasteiger partial charge in [-0.1, -0.05) is 17.7 Å². The molecule has 0 fully saturated rings. The second-order valence-electron chi connectivity index (χ2n) is 7.23. The molecule has 0 aliphatic carbocycles. The standard InChI is InChI=1S/C22H19ClFN3O6S/c1-32-20-8-6-15(10-25-20)34(30,31)27-11-14(12-28)33-19-7-5-13(9-18(19)27)26-22(29)21-16(23)3-2-4-17(21)24/h2-10,14,28H,11-12H2,1H3,(H,26,29)/t14-/m1/s1. The van der Waals surface area contributed by atoms with Gasteiger partial charge in [0.2, 0.25) is 5.88 Å². The summed E-state index contributed by atoms with van der Waals surface area (Å²) in [6.07, 6.45) is 0.342. The van der Waals surface area contributed by atoms with Crippen LogP contribution in [0.5, 0.6) is 11.6 Å². The van der Waals surface area contributed by atoms with Crippen LogP contribution in [0.4, 0.5) is 15.8 Å². The molecular weight excluding hydrogens is 489 g/mol. The molecule has 1 atom stereocenters. The van der Waals surface area contributed by atoms with Gasteiger partial charge < -0.3 is 19.9 Å². The third kappa shape index (κ3) is 4.49. The molecule has 0 spiro atoms. The van der Waals surface area contributed by atoms with Crippen LogP contribution in [0.15, 0.2) is 59.6 Å². The van der Waals surface area contributed by atoms with Crippen LogP contribution < -0.4 is 19.1 Å². The van der Waals surface area contributed by atoms with Crippen molar-refractivity contribution in [2.75, 3.05) is 29.9 Å². The van der Waals surface area contributed by atoms with Crippen molar-refractivity contribution in [2.24, 2.45) is 0 Å². The van der Waals surface area contributed by atoms with Gasteiger partial charge in [0.05, 0.1) is 42.7 Å². The number of amides is 1. The zero-order valence-electron chi connectivity index (χ0n) is 17.7. The van der Waals surface area contributed by atoms with Crippen molar-refractivity contribution in [1.82, 2.24) is 4.98 Å². The number of benzene rings is 2. The van der Waals surface area contributed by atoms with Gasteiger partial charge in [0, 0.05) is 11.8 Å². The van der Waals surface area contributed by atoms with Gasteiger partial charge in [-0.2, -0.15) is 0 Å². The molecule has 0 bridgehead atoms. The maximum atomic E-state index is 14.1. The van der Waals surface area contributed by atoms with E-state index in [1.165, 1.54) is 49.6 Å². The molecular formula is C22H19ClFN3O6S. The Balaban J connectivity index is 1.71. The number of halogens is 2. The highest BCUT2D eigenvalue weighted by Gasteiger charge is 2.35. The van der Waals surface area contributed by atoms with Gasteiger partial charge in [-0.3, -0.25) is 9.10 Å². The predicted octanol–water partition coefficient (Wildman–Crippen LogP) is 3.08. The van der Waals surface area contributed by atoms with Crippen LogP contribution in [0.3, 0.4) is 0 Å². The van der Waals surface area contributed by atoms with E-state index in [0.29, 0.717) is 0 Å². The Morgan fingerprint density at radius 3 is 2.76 bits per heavy atom. The molecule has 1 aliphatic rings. The monoisotopic (exact) mass is 507 g/mol. The van der Waals surface area contributed by atoms with Crippen LogP contribution in [0, 0.1) is 5.82 Å². The zero-order chi connectivity index (χ0) is 24.5. The molecule has 1 aliphatic heterocycles. The molecule has 2 N–H and O–H groups in total. The first kappa shape index (κ1) is 23.7. The summed E-state index contributed by atoms with van der Waals surface area (Å²) in [6, 6.07) is 10.9. The molecule has 2 heterocycles. The van der Waals surface area contributed by atoms with Crippen molar-refractivity contribution in [1.29, 1.82) is 0 Å². The first-order valence-corrected chi connectivity index (χ1v) is 11.8. The molecule has 0 saturated carbocycles. The topological polar surface area (TPSA) is 118 Å². The van der Waals surface area contributed by atoms with E-state index in [-0.39, 0.29) is 45.0 Å². The number of pyridine rings is 1. The first-order chi connectivity index (χ1) is 16.2. The van der Waals surface area contributed by atoms with E-state index in [0.717, 1.165) is 16.6 Å². The van der Waals surface area contributed by atoms with Crippen LogP contribution in [0.2, 0.25) is 5.02 Å². The molecule has 3 aromatic rings. The van der Waals surface area contributed by atoms with Crippen molar-refractivity contribution < 1.29 is 32.2 Å². The Morgan fingerprint density at radius 1 is 1.32 bits per heavy atom. The molecule has 1 aromatic heterocycles. The largest absolute Gasteiger partial charge is 0.484 e. The average molecular weight is 508 g/mol. The number of sulfonamides is 1. The number of ether oxygens (including phenoxy) is 2. The molecule has 0 saturated heterocycles. The van der Waals surface area contributed by atoms with Crippen LogP contribution in [-0.2, 0) is 10.0 Å². The molecule has 12 heteroatoms. The van der Waals surface area contributed by atoms with Gasteiger partial charge in [0.25, 0.3) is 15.9 Å². The molecule has 1 amide bonds. The Hall–Kier alpha value is -3.41. The van der Waals surface area contributed by atoms with Crippen LogP contribution in [0.1, 0.15) is 10.4 Å². The lowest BCUT2D eigenvalue weighted by Gasteiger charge is -2.35. The fraction of sp³-hybridized carbons (Fsp3) is 0.182. The fourth-order valence-corrected chi connectivity index (χ4v) is 5.08. The summed E-state index contributed by atoms with van der Waals surface area (Å²) in [4.78, 5) is 16.5. The number of nitrogens with zero attached hydrogens (tertiary/aromatic N) is 2. The molecule has 34 heavy (non-hydrogen) atoms. The second-order valence-corrected chi connectivity index (χ2v) is 9.50. The van der Waals surface area contributed by atoms with Gasteiger partial charge in [-0.15, -0.1) is 0 Å². The molecule has 9 nitrogen and oxygen atoms in total. The number of hydrogen-bond donors (Lipinski definition) is 2. The number of rotatable bonds is 6. The number of fused-ring (bicyclic) bond motifs is 1.